The summed E-state index contributed by atoms with van der Waals surface area (Å²) >= 11 is 0. The summed E-state index contributed by atoms with van der Waals surface area (Å²) in [7, 11) is 0. The van der Waals surface area contributed by atoms with Gasteiger partial charge in [-0.1, -0.05) is 43.7 Å². The van der Waals surface area contributed by atoms with Crippen LogP contribution < -0.4 is 5.43 Å². The van der Waals surface area contributed by atoms with E-state index < -0.39 is 11.5 Å². The van der Waals surface area contributed by atoms with E-state index in [1.807, 2.05) is 30.3 Å². The molecule has 0 aliphatic carbocycles. The standard InChI is InChI=1S/C14H20N2O2/c1-4-8-12(11-9-6-5-7-10-11)15-16-13(17)14(2,3)18/h5-7,9-10,18H,4,8H2,1-3H3,(H,16,17)/b15-12+. The van der Waals surface area contributed by atoms with Crippen molar-refractivity contribution in [2.75, 3.05) is 0 Å². The SMILES string of the molecule is CCC/C(=N\NC(=O)C(C)(C)O)c1ccccc1. The van der Waals surface area contributed by atoms with Crippen LogP contribution in [0.4, 0.5) is 0 Å². The molecule has 0 unspecified atom stereocenters. The Balaban J connectivity index is 2.83. The van der Waals surface area contributed by atoms with Crippen LogP contribution in [-0.4, -0.2) is 22.3 Å². The first-order chi connectivity index (χ1) is 8.45. The van der Waals surface area contributed by atoms with E-state index in [4.69, 9.17) is 0 Å². The van der Waals surface area contributed by atoms with E-state index in [-0.39, 0.29) is 0 Å². The van der Waals surface area contributed by atoms with Crippen LogP contribution in [0.5, 0.6) is 0 Å². The van der Waals surface area contributed by atoms with Gasteiger partial charge in [-0.05, 0) is 25.8 Å². The number of benzene rings is 1. The maximum atomic E-state index is 11.5. The van der Waals surface area contributed by atoms with Crippen LogP contribution in [0.15, 0.2) is 35.4 Å². The number of nitrogens with zero attached hydrogens (tertiary/aromatic N) is 1. The largest absolute Gasteiger partial charge is 0.381 e. The number of rotatable bonds is 5. The predicted molar refractivity (Wildman–Crippen MR) is 72.3 cm³/mol. The van der Waals surface area contributed by atoms with Crippen LogP contribution in [0.2, 0.25) is 0 Å². The molecule has 1 amide bonds. The number of carbonyl (C=O) groups excluding carboxylic acids is 1. The Labute approximate surface area is 108 Å². The minimum Gasteiger partial charge on any atom is -0.381 e. The van der Waals surface area contributed by atoms with Gasteiger partial charge < -0.3 is 5.11 Å². The molecule has 0 radical (unpaired) electrons. The number of amides is 1. The molecule has 0 saturated heterocycles. The first-order valence-electron chi connectivity index (χ1n) is 6.10. The average molecular weight is 248 g/mol. The van der Waals surface area contributed by atoms with E-state index in [9.17, 15) is 9.90 Å². The minimum atomic E-state index is -1.42. The molecule has 0 aromatic heterocycles. The molecule has 18 heavy (non-hydrogen) atoms. The second-order valence-corrected chi connectivity index (χ2v) is 4.67. The first kappa shape index (κ1) is 14.4. The van der Waals surface area contributed by atoms with E-state index in [1.54, 1.807) is 0 Å². The lowest BCUT2D eigenvalue weighted by molar-refractivity contribution is -0.136. The minimum absolute atomic E-state index is 0.507. The van der Waals surface area contributed by atoms with Gasteiger partial charge in [0.15, 0.2) is 0 Å². The van der Waals surface area contributed by atoms with Gasteiger partial charge in [0.1, 0.15) is 5.60 Å². The molecule has 4 nitrogen and oxygen atoms in total. The molecule has 4 heteroatoms. The molecule has 2 N–H and O–H groups in total. The Bertz CT molecular complexity index is 419. The number of carbonyl (C=O) groups is 1. The maximum absolute atomic E-state index is 11.5. The summed E-state index contributed by atoms with van der Waals surface area (Å²) in [5.74, 6) is -0.507. The summed E-state index contributed by atoms with van der Waals surface area (Å²) in [6.45, 7) is 4.91. The molecule has 0 aliphatic heterocycles. The zero-order valence-corrected chi connectivity index (χ0v) is 11.1. The third-order valence-corrected chi connectivity index (χ3v) is 2.44. The maximum Gasteiger partial charge on any atom is 0.271 e. The summed E-state index contributed by atoms with van der Waals surface area (Å²) in [5.41, 5.74) is 2.78. The third kappa shape index (κ3) is 4.30. The molecule has 98 valence electrons. The fourth-order valence-corrected chi connectivity index (χ4v) is 1.39. The summed E-state index contributed by atoms with van der Waals surface area (Å²) in [5, 5.41) is 13.6. The highest BCUT2D eigenvalue weighted by Crippen LogP contribution is 2.07. The summed E-state index contributed by atoms with van der Waals surface area (Å²) in [4.78, 5) is 11.5. The third-order valence-electron chi connectivity index (χ3n) is 2.44. The number of nitrogens with one attached hydrogen (secondary N) is 1. The first-order valence-corrected chi connectivity index (χ1v) is 6.10. The van der Waals surface area contributed by atoms with Crippen molar-refractivity contribution in [2.24, 2.45) is 5.10 Å². The molecule has 0 heterocycles. The van der Waals surface area contributed by atoms with Gasteiger partial charge in [0.05, 0.1) is 5.71 Å². The lowest BCUT2D eigenvalue weighted by atomic mass is 10.1. The van der Waals surface area contributed by atoms with Crippen LogP contribution in [0.1, 0.15) is 39.2 Å². The predicted octanol–water partition coefficient (Wildman–Crippen LogP) is 2.08. The zero-order valence-electron chi connectivity index (χ0n) is 11.1. The van der Waals surface area contributed by atoms with Gasteiger partial charge in [-0.3, -0.25) is 4.79 Å². The number of hydrogen-bond donors (Lipinski definition) is 2. The molecule has 1 aromatic carbocycles. The number of hydrogen-bond acceptors (Lipinski definition) is 3. The highest BCUT2D eigenvalue weighted by atomic mass is 16.3. The molecule has 0 aliphatic rings. The van der Waals surface area contributed by atoms with Crippen LogP contribution in [-0.2, 0) is 4.79 Å². The Morgan fingerprint density at radius 3 is 2.44 bits per heavy atom. The number of hydrazone groups is 1. The molecule has 0 spiro atoms. The van der Waals surface area contributed by atoms with Crippen molar-refractivity contribution in [1.29, 1.82) is 0 Å². The van der Waals surface area contributed by atoms with Crippen LogP contribution >= 0.6 is 0 Å². The van der Waals surface area contributed by atoms with Gasteiger partial charge in [0, 0.05) is 0 Å². The molecule has 0 atom stereocenters. The number of aliphatic hydroxyl groups is 1. The molecule has 0 bridgehead atoms. The van der Waals surface area contributed by atoms with Crippen molar-refractivity contribution < 1.29 is 9.90 Å². The molecule has 0 saturated carbocycles. The van der Waals surface area contributed by atoms with Gasteiger partial charge in [0.2, 0.25) is 0 Å². The van der Waals surface area contributed by atoms with Gasteiger partial charge in [-0.25, -0.2) is 5.43 Å². The lowest BCUT2D eigenvalue weighted by Gasteiger charge is -2.15. The topological polar surface area (TPSA) is 61.7 Å². The van der Waals surface area contributed by atoms with Crippen LogP contribution in [0.3, 0.4) is 0 Å². The molecule has 1 aromatic rings. The van der Waals surface area contributed by atoms with Crippen molar-refractivity contribution in [3.63, 3.8) is 0 Å². The lowest BCUT2D eigenvalue weighted by Crippen LogP contribution is -2.40. The molecule has 0 fully saturated rings. The summed E-state index contributed by atoms with van der Waals surface area (Å²) < 4.78 is 0. The molecule has 1 rings (SSSR count). The highest BCUT2D eigenvalue weighted by molar-refractivity contribution is 6.01. The summed E-state index contributed by atoms with van der Waals surface area (Å²) in [6.07, 6.45) is 1.71. The van der Waals surface area contributed by atoms with E-state index in [2.05, 4.69) is 17.5 Å². The van der Waals surface area contributed by atoms with E-state index in [0.717, 1.165) is 24.1 Å². The smallest absolute Gasteiger partial charge is 0.271 e. The Hall–Kier alpha value is -1.68. The Morgan fingerprint density at radius 2 is 1.94 bits per heavy atom. The van der Waals surface area contributed by atoms with Crippen molar-refractivity contribution in [2.45, 2.75) is 39.2 Å². The fraction of sp³-hybridized carbons (Fsp3) is 0.429. The zero-order chi connectivity index (χ0) is 13.6. The molecular weight excluding hydrogens is 228 g/mol. The van der Waals surface area contributed by atoms with Crippen molar-refractivity contribution in [3.05, 3.63) is 35.9 Å². The van der Waals surface area contributed by atoms with E-state index >= 15 is 0 Å². The monoisotopic (exact) mass is 248 g/mol. The molecular formula is C14H20N2O2. The Morgan fingerprint density at radius 1 is 1.33 bits per heavy atom. The second kappa shape index (κ2) is 6.31. The van der Waals surface area contributed by atoms with Gasteiger partial charge in [-0.15, -0.1) is 0 Å². The highest BCUT2D eigenvalue weighted by Gasteiger charge is 2.23. The Kier molecular flexibility index (Phi) is 5.04. The fourth-order valence-electron chi connectivity index (χ4n) is 1.39. The normalized spacial score (nSPS) is 12.3. The average Bonchev–Trinajstić information content (AvgIpc) is 2.34. The second-order valence-electron chi connectivity index (χ2n) is 4.67. The van der Waals surface area contributed by atoms with Crippen molar-refractivity contribution in [3.8, 4) is 0 Å². The van der Waals surface area contributed by atoms with Crippen molar-refractivity contribution >= 4 is 11.6 Å². The van der Waals surface area contributed by atoms with Gasteiger partial charge in [-0.2, -0.15) is 5.10 Å². The van der Waals surface area contributed by atoms with Crippen LogP contribution in [0, 0.1) is 0 Å². The van der Waals surface area contributed by atoms with E-state index in [0.29, 0.717) is 0 Å². The van der Waals surface area contributed by atoms with Gasteiger partial charge >= 0.3 is 0 Å². The van der Waals surface area contributed by atoms with Crippen LogP contribution in [0.25, 0.3) is 0 Å². The van der Waals surface area contributed by atoms with E-state index in [1.165, 1.54) is 13.8 Å². The quantitative estimate of drug-likeness (QED) is 0.619. The summed E-state index contributed by atoms with van der Waals surface area (Å²) in [6, 6.07) is 9.69. The van der Waals surface area contributed by atoms with Crippen molar-refractivity contribution in [1.82, 2.24) is 5.43 Å². The van der Waals surface area contributed by atoms with Gasteiger partial charge in [0.25, 0.3) is 5.91 Å².